The molecule has 0 aromatic heterocycles. The van der Waals surface area contributed by atoms with Crippen molar-refractivity contribution in [2.45, 2.75) is 6.10 Å². The van der Waals surface area contributed by atoms with E-state index in [1.165, 1.54) is 6.07 Å². The van der Waals surface area contributed by atoms with E-state index in [0.717, 1.165) is 0 Å². The monoisotopic (exact) mass is 297 g/mol. The lowest BCUT2D eigenvalue weighted by Crippen LogP contribution is -2.23. The first kappa shape index (κ1) is 12.7. The predicted molar refractivity (Wildman–Crippen MR) is 60.7 cm³/mol. The van der Waals surface area contributed by atoms with E-state index in [9.17, 15) is 4.39 Å². The van der Waals surface area contributed by atoms with Crippen LogP contribution in [0.2, 0.25) is 5.02 Å². The molecular formula is C9H10BrClFNO2. The predicted octanol–water partition coefficient (Wildman–Crippen LogP) is 2.01. The molecule has 1 aromatic rings. The Hall–Kier alpha value is -0.360. The lowest BCUT2D eigenvalue weighted by Gasteiger charge is -2.11. The summed E-state index contributed by atoms with van der Waals surface area (Å²) in [5.41, 5.74) is 0.190. The van der Waals surface area contributed by atoms with Gasteiger partial charge in [0, 0.05) is 11.0 Å². The van der Waals surface area contributed by atoms with Gasteiger partial charge in [-0.2, -0.15) is 0 Å². The fourth-order valence-corrected chi connectivity index (χ4v) is 1.43. The molecule has 6 heteroatoms. The Bertz CT molecular complexity index is 351. The molecule has 15 heavy (non-hydrogen) atoms. The summed E-state index contributed by atoms with van der Waals surface area (Å²) in [5.74, 6) is -0.587. The van der Waals surface area contributed by atoms with Gasteiger partial charge in [-0.05, 0) is 28.1 Å². The summed E-state index contributed by atoms with van der Waals surface area (Å²) in [6, 6.07) is 3.09. The van der Waals surface area contributed by atoms with Crippen LogP contribution < -0.4 is 5.32 Å². The van der Waals surface area contributed by atoms with Crippen molar-refractivity contribution in [3.8, 4) is 0 Å². The van der Waals surface area contributed by atoms with E-state index in [0.29, 0.717) is 4.47 Å². The molecule has 0 bridgehead atoms. The average Bonchev–Trinajstić information content (AvgIpc) is 2.24. The van der Waals surface area contributed by atoms with E-state index in [-0.39, 0.29) is 23.9 Å². The minimum atomic E-state index is -0.924. The lowest BCUT2D eigenvalue weighted by atomic mass is 10.3. The average molecular weight is 299 g/mol. The van der Waals surface area contributed by atoms with Gasteiger partial charge >= 0.3 is 0 Å². The maximum absolute atomic E-state index is 13.4. The number of hydrogen-bond acceptors (Lipinski definition) is 3. The maximum atomic E-state index is 13.4. The largest absolute Gasteiger partial charge is 0.394 e. The van der Waals surface area contributed by atoms with E-state index >= 15 is 0 Å². The van der Waals surface area contributed by atoms with E-state index in [4.69, 9.17) is 21.8 Å². The van der Waals surface area contributed by atoms with Gasteiger partial charge in [-0.1, -0.05) is 11.6 Å². The highest BCUT2D eigenvalue weighted by Gasteiger charge is 2.10. The van der Waals surface area contributed by atoms with Crippen molar-refractivity contribution in [2.75, 3.05) is 18.5 Å². The highest BCUT2D eigenvalue weighted by atomic mass is 79.9. The van der Waals surface area contributed by atoms with Gasteiger partial charge in [-0.25, -0.2) is 4.39 Å². The van der Waals surface area contributed by atoms with Crippen LogP contribution in [-0.2, 0) is 0 Å². The van der Waals surface area contributed by atoms with Crippen molar-refractivity contribution >= 4 is 33.2 Å². The molecule has 0 aliphatic carbocycles. The molecule has 0 aliphatic heterocycles. The lowest BCUT2D eigenvalue weighted by molar-refractivity contribution is 0.105. The zero-order valence-electron chi connectivity index (χ0n) is 7.67. The summed E-state index contributed by atoms with van der Waals surface area (Å²) in [6.07, 6.45) is -0.924. The van der Waals surface area contributed by atoms with E-state index in [2.05, 4.69) is 21.2 Å². The van der Waals surface area contributed by atoms with Gasteiger partial charge in [0.2, 0.25) is 0 Å². The van der Waals surface area contributed by atoms with Gasteiger partial charge in [0.1, 0.15) is 0 Å². The van der Waals surface area contributed by atoms with Crippen LogP contribution in [0.3, 0.4) is 0 Å². The molecule has 0 amide bonds. The Balaban J connectivity index is 2.74. The fourth-order valence-electron chi connectivity index (χ4n) is 0.955. The van der Waals surface area contributed by atoms with Crippen molar-refractivity contribution < 1.29 is 14.6 Å². The third-order valence-corrected chi connectivity index (χ3v) is 3.03. The van der Waals surface area contributed by atoms with Crippen molar-refractivity contribution in [2.24, 2.45) is 0 Å². The van der Waals surface area contributed by atoms with Crippen LogP contribution >= 0.6 is 27.5 Å². The number of anilines is 1. The molecule has 0 aliphatic rings. The molecule has 0 saturated heterocycles. The zero-order chi connectivity index (χ0) is 11.4. The van der Waals surface area contributed by atoms with Crippen LogP contribution in [0, 0.1) is 5.82 Å². The first-order valence-electron chi connectivity index (χ1n) is 4.22. The second-order valence-electron chi connectivity index (χ2n) is 2.94. The normalized spacial score (nSPS) is 12.6. The van der Waals surface area contributed by atoms with Gasteiger partial charge < -0.3 is 15.5 Å². The minimum absolute atomic E-state index is 0.0153. The van der Waals surface area contributed by atoms with Crippen LogP contribution in [-0.4, -0.2) is 29.5 Å². The Morgan fingerprint density at radius 2 is 2.20 bits per heavy atom. The second kappa shape index (κ2) is 5.65. The number of hydrogen-bond donors (Lipinski definition) is 3. The number of aliphatic hydroxyl groups excluding tert-OH is 2. The summed E-state index contributed by atoms with van der Waals surface area (Å²) >= 11 is 8.74. The van der Waals surface area contributed by atoms with Crippen molar-refractivity contribution in [3.63, 3.8) is 0 Å². The van der Waals surface area contributed by atoms with Gasteiger partial charge in [-0.3, -0.25) is 0 Å². The third kappa shape index (κ3) is 3.31. The van der Waals surface area contributed by atoms with E-state index in [1.54, 1.807) is 6.07 Å². The summed E-state index contributed by atoms with van der Waals surface area (Å²) in [7, 11) is 0. The molecular weight excluding hydrogens is 288 g/mol. The summed E-state index contributed by atoms with van der Waals surface area (Å²) < 4.78 is 13.9. The highest BCUT2D eigenvalue weighted by molar-refractivity contribution is 9.10. The first-order chi connectivity index (χ1) is 7.06. The second-order valence-corrected chi connectivity index (χ2v) is 4.17. The number of nitrogens with one attached hydrogen (secondary N) is 1. The van der Waals surface area contributed by atoms with Gasteiger partial charge in [0.15, 0.2) is 5.82 Å². The Morgan fingerprint density at radius 3 is 2.80 bits per heavy atom. The number of benzene rings is 1. The molecule has 0 spiro atoms. The Kier molecular flexibility index (Phi) is 4.79. The fraction of sp³-hybridized carbons (Fsp3) is 0.333. The van der Waals surface area contributed by atoms with Crippen molar-refractivity contribution in [1.29, 1.82) is 0 Å². The van der Waals surface area contributed by atoms with E-state index < -0.39 is 11.9 Å². The third-order valence-electron chi connectivity index (χ3n) is 1.77. The smallest absolute Gasteiger partial charge is 0.165 e. The van der Waals surface area contributed by atoms with Gasteiger partial charge in [0.25, 0.3) is 0 Å². The minimum Gasteiger partial charge on any atom is -0.394 e. The number of aliphatic hydroxyl groups is 2. The highest BCUT2D eigenvalue weighted by Crippen LogP contribution is 2.30. The quantitative estimate of drug-likeness (QED) is 0.745. The van der Waals surface area contributed by atoms with Crippen molar-refractivity contribution in [1.82, 2.24) is 0 Å². The topological polar surface area (TPSA) is 52.5 Å². The maximum Gasteiger partial charge on any atom is 0.165 e. The van der Waals surface area contributed by atoms with Crippen molar-refractivity contribution in [3.05, 3.63) is 27.4 Å². The molecule has 0 fully saturated rings. The van der Waals surface area contributed by atoms with Gasteiger partial charge in [-0.15, -0.1) is 0 Å². The standard InChI is InChI=1S/C9H10BrClFNO2/c10-6-1-2-7(9(12)8(6)11)13-3-5(15)4-14/h1-2,5,13-15H,3-4H2. The molecule has 0 heterocycles. The molecule has 3 N–H and O–H groups in total. The summed E-state index contributed by atoms with van der Waals surface area (Å²) in [5, 5.41) is 20.2. The molecule has 1 rings (SSSR count). The molecule has 84 valence electrons. The SMILES string of the molecule is OCC(O)CNc1ccc(Br)c(Cl)c1F. The molecule has 1 unspecified atom stereocenters. The van der Waals surface area contributed by atoms with Gasteiger partial charge in [0.05, 0.1) is 23.4 Å². The molecule has 0 radical (unpaired) electrons. The Labute approximate surface area is 100 Å². The first-order valence-corrected chi connectivity index (χ1v) is 5.39. The molecule has 1 aromatic carbocycles. The van der Waals surface area contributed by atoms with E-state index in [1.807, 2.05) is 0 Å². The molecule has 0 saturated carbocycles. The van der Waals surface area contributed by atoms with Crippen LogP contribution in [0.15, 0.2) is 16.6 Å². The zero-order valence-corrected chi connectivity index (χ0v) is 10.0. The Morgan fingerprint density at radius 1 is 1.53 bits per heavy atom. The summed E-state index contributed by atoms with van der Waals surface area (Å²) in [6.45, 7) is -0.315. The molecule has 3 nitrogen and oxygen atoms in total. The van der Waals surface area contributed by atoms with Crippen LogP contribution in [0.5, 0.6) is 0 Å². The summed E-state index contributed by atoms with van der Waals surface area (Å²) in [4.78, 5) is 0. The number of rotatable bonds is 4. The number of halogens is 3. The van der Waals surface area contributed by atoms with Crippen LogP contribution in [0.25, 0.3) is 0 Å². The molecule has 1 atom stereocenters. The van der Waals surface area contributed by atoms with Crippen LogP contribution in [0.4, 0.5) is 10.1 Å². The van der Waals surface area contributed by atoms with Crippen LogP contribution in [0.1, 0.15) is 0 Å².